The predicted octanol–water partition coefficient (Wildman–Crippen LogP) is 4.12. The number of carbonyl (C=O) groups excluding carboxylic acids is 1. The van der Waals surface area contributed by atoms with Gasteiger partial charge < -0.3 is 0 Å². The first-order valence-electron chi connectivity index (χ1n) is 6.12. The summed E-state index contributed by atoms with van der Waals surface area (Å²) in [7, 11) is 0. The quantitative estimate of drug-likeness (QED) is 0.766. The Morgan fingerprint density at radius 1 is 1.05 bits per heavy atom. The maximum absolute atomic E-state index is 12.1. The second kappa shape index (κ2) is 5.02. The molecule has 0 bridgehead atoms. The molecule has 0 aromatic heterocycles. The van der Waals surface area contributed by atoms with Crippen molar-refractivity contribution in [1.29, 1.82) is 0 Å². The average molecular weight is 267 g/mol. The summed E-state index contributed by atoms with van der Waals surface area (Å²) in [5.74, 6) is 0.148. The third-order valence-corrected chi connectivity index (χ3v) is 3.95. The molecule has 2 nitrogen and oxygen atoms in total. The molecule has 3 heteroatoms. The van der Waals surface area contributed by atoms with E-state index in [1.165, 1.54) is 4.90 Å². The molecule has 0 amide bonds. The fourth-order valence-electron chi connectivity index (χ4n) is 2.19. The Morgan fingerprint density at radius 3 is 2.53 bits per heavy atom. The number of carbonyl (C=O) groups is 1. The van der Waals surface area contributed by atoms with Gasteiger partial charge in [-0.3, -0.25) is 9.79 Å². The van der Waals surface area contributed by atoms with Gasteiger partial charge in [0.25, 0.3) is 0 Å². The van der Waals surface area contributed by atoms with E-state index in [2.05, 4.69) is 17.1 Å². The van der Waals surface area contributed by atoms with Gasteiger partial charge in [0.05, 0.1) is 17.8 Å². The smallest absolute Gasteiger partial charge is 0.171 e. The third-order valence-electron chi connectivity index (χ3n) is 3.21. The minimum absolute atomic E-state index is 0.148. The highest BCUT2D eigenvalue weighted by molar-refractivity contribution is 7.98. The number of hydrogen-bond donors (Lipinski definition) is 0. The first kappa shape index (κ1) is 12.2. The SMILES string of the molecule is CSc1ccc(C2=Nc3ccccc3C(=O)C2)cc1. The zero-order chi connectivity index (χ0) is 13.2. The van der Waals surface area contributed by atoms with E-state index < -0.39 is 0 Å². The van der Waals surface area contributed by atoms with E-state index in [1.54, 1.807) is 11.8 Å². The van der Waals surface area contributed by atoms with Crippen molar-refractivity contribution >= 4 is 28.9 Å². The number of rotatable bonds is 2. The van der Waals surface area contributed by atoms with Gasteiger partial charge in [-0.2, -0.15) is 0 Å². The van der Waals surface area contributed by atoms with Crippen LogP contribution in [0.5, 0.6) is 0 Å². The van der Waals surface area contributed by atoms with Crippen LogP contribution < -0.4 is 0 Å². The van der Waals surface area contributed by atoms with Crippen LogP contribution in [0.2, 0.25) is 0 Å². The van der Waals surface area contributed by atoms with E-state index in [1.807, 2.05) is 42.7 Å². The molecule has 0 aliphatic carbocycles. The van der Waals surface area contributed by atoms with Gasteiger partial charge in [0.15, 0.2) is 5.78 Å². The van der Waals surface area contributed by atoms with Gasteiger partial charge in [-0.05, 0) is 36.1 Å². The predicted molar refractivity (Wildman–Crippen MR) is 79.8 cm³/mol. The van der Waals surface area contributed by atoms with Crippen LogP contribution >= 0.6 is 11.8 Å². The zero-order valence-corrected chi connectivity index (χ0v) is 11.4. The summed E-state index contributed by atoms with van der Waals surface area (Å²) in [6.45, 7) is 0. The number of thioether (sulfide) groups is 1. The number of benzene rings is 2. The molecule has 94 valence electrons. The molecule has 0 atom stereocenters. The van der Waals surface area contributed by atoms with Gasteiger partial charge in [0, 0.05) is 10.5 Å². The summed E-state index contributed by atoms with van der Waals surface area (Å²) in [4.78, 5) is 17.9. The molecular weight excluding hydrogens is 254 g/mol. The molecule has 0 saturated carbocycles. The molecule has 0 unspecified atom stereocenters. The van der Waals surface area contributed by atoms with Crippen LogP contribution in [0.3, 0.4) is 0 Å². The van der Waals surface area contributed by atoms with E-state index in [-0.39, 0.29) is 5.78 Å². The molecule has 3 rings (SSSR count). The molecule has 1 aliphatic heterocycles. The van der Waals surface area contributed by atoms with Crippen molar-refractivity contribution in [1.82, 2.24) is 0 Å². The number of aliphatic imine (C=N–C) groups is 1. The zero-order valence-electron chi connectivity index (χ0n) is 10.6. The molecule has 0 spiro atoms. The van der Waals surface area contributed by atoms with Crippen LogP contribution in [0.25, 0.3) is 0 Å². The van der Waals surface area contributed by atoms with Gasteiger partial charge >= 0.3 is 0 Å². The van der Waals surface area contributed by atoms with E-state index in [0.29, 0.717) is 6.42 Å². The van der Waals surface area contributed by atoms with E-state index >= 15 is 0 Å². The van der Waals surface area contributed by atoms with Gasteiger partial charge in [0.1, 0.15) is 0 Å². The normalized spacial score (nSPS) is 13.9. The minimum atomic E-state index is 0.148. The number of Topliss-reactive ketones (excluding diaryl/α,β-unsaturated/α-hetero) is 1. The van der Waals surface area contributed by atoms with E-state index in [4.69, 9.17) is 0 Å². The van der Waals surface area contributed by atoms with Gasteiger partial charge in [0.2, 0.25) is 0 Å². The highest BCUT2D eigenvalue weighted by Crippen LogP contribution is 2.27. The van der Waals surface area contributed by atoms with Crippen molar-refractivity contribution < 1.29 is 4.79 Å². The highest BCUT2D eigenvalue weighted by atomic mass is 32.2. The first-order chi connectivity index (χ1) is 9.28. The lowest BCUT2D eigenvalue weighted by atomic mass is 9.96. The molecule has 0 saturated heterocycles. The van der Waals surface area contributed by atoms with Crippen LogP contribution in [0.15, 0.2) is 58.4 Å². The highest BCUT2D eigenvalue weighted by Gasteiger charge is 2.20. The van der Waals surface area contributed by atoms with Crippen LogP contribution in [0, 0.1) is 0 Å². The number of para-hydroxylation sites is 1. The Kier molecular flexibility index (Phi) is 3.22. The Bertz CT molecular complexity index is 659. The van der Waals surface area contributed by atoms with Crippen molar-refractivity contribution in [2.24, 2.45) is 4.99 Å². The summed E-state index contributed by atoms with van der Waals surface area (Å²) < 4.78 is 0. The molecule has 0 N–H and O–H groups in total. The van der Waals surface area contributed by atoms with Crippen molar-refractivity contribution in [2.45, 2.75) is 11.3 Å². The largest absolute Gasteiger partial charge is 0.294 e. The van der Waals surface area contributed by atoms with Crippen LogP contribution in [0.4, 0.5) is 5.69 Å². The number of ketones is 1. The van der Waals surface area contributed by atoms with E-state index in [9.17, 15) is 4.79 Å². The van der Waals surface area contributed by atoms with Crippen molar-refractivity contribution in [3.8, 4) is 0 Å². The third kappa shape index (κ3) is 2.34. The maximum atomic E-state index is 12.1. The summed E-state index contributed by atoms with van der Waals surface area (Å²) in [5.41, 5.74) is 3.40. The van der Waals surface area contributed by atoms with Crippen LogP contribution in [-0.4, -0.2) is 17.8 Å². The number of fused-ring (bicyclic) bond motifs is 1. The summed E-state index contributed by atoms with van der Waals surface area (Å²) in [5, 5.41) is 0. The van der Waals surface area contributed by atoms with Crippen molar-refractivity contribution in [3.05, 3.63) is 59.7 Å². The Balaban J connectivity index is 2.02. The molecule has 19 heavy (non-hydrogen) atoms. The summed E-state index contributed by atoms with van der Waals surface area (Å²) in [6.07, 6.45) is 2.43. The molecule has 2 aromatic rings. The second-order valence-electron chi connectivity index (χ2n) is 4.40. The molecule has 1 heterocycles. The topological polar surface area (TPSA) is 29.4 Å². The maximum Gasteiger partial charge on any atom is 0.171 e. The van der Waals surface area contributed by atoms with Crippen molar-refractivity contribution in [3.63, 3.8) is 0 Å². The molecule has 0 radical (unpaired) electrons. The van der Waals surface area contributed by atoms with Crippen LogP contribution in [0.1, 0.15) is 22.3 Å². The standard InChI is InChI=1S/C16H13NOS/c1-19-12-8-6-11(7-9-12)15-10-16(18)13-4-2-3-5-14(13)17-15/h2-9H,10H2,1H3. The lowest BCUT2D eigenvalue weighted by Crippen LogP contribution is -2.14. The summed E-state index contributed by atoms with van der Waals surface area (Å²) in [6, 6.07) is 15.7. The Labute approximate surface area is 116 Å². The van der Waals surface area contributed by atoms with E-state index in [0.717, 1.165) is 22.5 Å². The molecular formula is C16H13NOS. The van der Waals surface area contributed by atoms with Gasteiger partial charge in [-0.15, -0.1) is 11.8 Å². The molecule has 0 fully saturated rings. The first-order valence-corrected chi connectivity index (χ1v) is 7.34. The fourth-order valence-corrected chi connectivity index (χ4v) is 2.60. The van der Waals surface area contributed by atoms with Gasteiger partial charge in [-0.1, -0.05) is 24.3 Å². The Morgan fingerprint density at radius 2 is 1.79 bits per heavy atom. The lowest BCUT2D eigenvalue weighted by molar-refractivity contribution is 0.1000. The van der Waals surface area contributed by atoms with Crippen LogP contribution in [-0.2, 0) is 0 Å². The molecule has 1 aliphatic rings. The average Bonchev–Trinajstić information content (AvgIpc) is 2.47. The Hall–Kier alpha value is -1.87. The van der Waals surface area contributed by atoms with Gasteiger partial charge in [-0.25, -0.2) is 0 Å². The fraction of sp³-hybridized carbons (Fsp3) is 0.125. The molecule has 2 aromatic carbocycles. The number of hydrogen-bond acceptors (Lipinski definition) is 3. The minimum Gasteiger partial charge on any atom is -0.294 e. The summed E-state index contributed by atoms with van der Waals surface area (Å²) >= 11 is 1.71. The second-order valence-corrected chi connectivity index (χ2v) is 5.28. The number of nitrogens with zero attached hydrogens (tertiary/aromatic N) is 1. The lowest BCUT2D eigenvalue weighted by Gasteiger charge is -2.14. The van der Waals surface area contributed by atoms with Crippen molar-refractivity contribution in [2.75, 3.05) is 6.26 Å². The monoisotopic (exact) mass is 267 g/mol.